The maximum Gasteiger partial charge on any atom is 0.123 e. The quantitative estimate of drug-likeness (QED) is 0.613. The Labute approximate surface area is 166 Å². The Morgan fingerprint density at radius 3 is 2.50 bits per heavy atom. The Morgan fingerprint density at radius 2 is 1.79 bits per heavy atom. The molecule has 1 aliphatic rings. The molecule has 1 aliphatic heterocycles. The van der Waals surface area contributed by atoms with Crippen molar-refractivity contribution in [3.05, 3.63) is 77.7 Å². The molecule has 1 saturated heterocycles. The summed E-state index contributed by atoms with van der Waals surface area (Å²) in [6.07, 6.45) is 2.34. The van der Waals surface area contributed by atoms with Crippen molar-refractivity contribution in [1.29, 1.82) is 0 Å². The van der Waals surface area contributed by atoms with Crippen LogP contribution >= 0.6 is 0 Å². The molecule has 2 atom stereocenters. The molecule has 1 N–H and O–H groups in total. The molecule has 1 fully saturated rings. The van der Waals surface area contributed by atoms with Crippen molar-refractivity contribution in [1.82, 2.24) is 4.98 Å². The maximum atomic E-state index is 13.2. The lowest BCUT2D eigenvalue weighted by Crippen LogP contribution is -2.44. The fourth-order valence-corrected chi connectivity index (χ4v) is 4.06. The predicted molar refractivity (Wildman–Crippen MR) is 112 cm³/mol. The van der Waals surface area contributed by atoms with Crippen LogP contribution < -0.4 is 4.90 Å². The SMILES string of the molecule is CCCc1ccc(N2CCOC(C)C2c2ccc(-c3ccc(F)cc3)[nH]2)cc1. The highest BCUT2D eigenvalue weighted by Gasteiger charge is 2.32. The summed E-state index contributed by atoms with van der Waals surface area (Å²) >= 11 is 0. The van der Waals surface area contributed by atoms with Gasteiger partial charge in [-0.05, 0) is 73.0 Å². The summed E-state index contributed by atoms with van der Waals surface area (Å²) in [7, 11) is 0. The lowest BCUT2D eigenvalue weighted by Gasteiger charge is -2.41. The molecule has 2 aromatic carbocycles. The number of H-pyrrole nitrogens is 1. The molecule has 146 valence electrons. The molecule has 1 aromatic heterocycles. The highest BCUT2D eigenvalue weighted by molar-refractivity contribution is 5.60. The summed E-state index contributed by atoms with van der Waals surface area (Å²) < 4.78 is 19.2. The van der Waals surface area contributed by atoms with Crippen molar-refractivity contribution < 1.29 is 9.13 Å². The number of aromatic amines is 1. The average Bonchev–Trinajstić information content (AvgIpc) is 3.19. The van der Waals surface area contributed by atoms with Gasteiger partial charge >= 0.3 is 0 Å². The van der Waals surface area contributed by atoms with Gasteiger partial charge in [0.15, 0.2) is 0 Å². The molecule has 0 spiro atoms. The number of morpholine rings is 1. The Bertz CT molecular complexity index is 901. The number of nitrogens with zero attached hydrogens (tertiary/aromatic N) is 1. The zero-order valence-electron chi connectivity index (χ0n) is 16.5. The van der Waals surface area contributed by atoms with Gasteiger partial charge in [-0.25, -0.2) is 4.39 Å². The highest BCUT2D eigenvalue weighted by Crippen LogP contribution is 2.34. The number of benzene rings is 2. The van der Waals surface area contributed by atoms with Crippen LogP contribution in [0.2, 0.25) is 0 Å². The van der Waals surface area contributed by atoms with E-state index in [9.17, 15) is 4.39 Å². The van der Waals surface area contributed by atoms with Crippen LogP contribution in [0.5, 0.6) is 0 Å². The van der Waals surface area contributed by atoms with Gasteiger partial charge in [0.2, 0.25) is 0 Å². The van der Waals surface area contributed by atoms with Crippen molar-refractivity contribution in [2.45, 2.75) is 38.8 Å². The summed E-state index contributed by atoms with van der Waals surface area (Å²) in [5.41, 5.74) is 5.68. The minimum atomic E-state index is -0.220. The lowest BCUT2D eigenvalue weighted by atomic mass is 10.0. The summed E-state index contributed by atoms with van der Waals surface area (Å²) in [5.74, 6) is -0.220. The molecule has 0 radical (unpaired) electrons. The number of nitrogens with one attached hydrogen (secondary N) is 1. The second-order valence-corrected chi connectivity index (χ2v) is 7.46. The standard InChI is InChI=1S/C24H27FN2O/c1-3-4-18-5-11-21(12-6-18)27-15-16-28-17(2)24(27)23-14-13-22(26-23)19-7-9-20(25)10-8-19/h5-14,17,24,26H,3-4,15-16H2,1-2H3. The molecule has 0 aliphatic carbocycles. The number of rotatable bonds is 5. The Hall–Kier alpha value is -2.59. The first-order valence-corrected chi connectivity index (χ1v) is 10.1. The monoisotopic (exact) mass is 378 g/mol. The summed E-state index contributed by atoms with van der Waals surface area (Å²) in [6, 6.07) is 19.8. The average molecular weight is 378 g/mol. The first kappa shape index (κ1) is 18.8. The predicted octanol–water partition coefficient (Wildman–Crippen LogP) is 5.74. The van der Waals surface area contributed by atoms with Crippen molar-refractivity contribution in [2.24, 2.45) is 0 Å². The fourth-order valence-electron chi connectivity index (χ4n) is 4.06. The van der Waals surface area contributed by atoms with Crippen LogP contribution in [-0.2, 0) is 11.2 Å². The van der Waals surface area contributed by atoms with E-state index in [-0.39, 0.29) is 18.0 Å². The zero-order valence-corrected chi connectivity index (χ0v) is 16.5. The van der Waals surface area contributed by atoms with Crippen LogP contribution in [0.4, 0.5) is 10.1 Å². The number of hydrogen-bond acceptors (Lipinski definition) is 2. The lowest BCUT2D eigenvalue weighted by molar-refractivity contribution is 0.0222. The molecular formula is C24H27FN2O. The minimum Gasteiger partial charge on any atom is -0.374 e. The molecule has 2 heterocycles. The molecule has 0 bridgehead atoms. The molecule has 3 nitrogen and oxygen atoms in total. The first-order valence-electron chi connectivity index (χ1n) is 10.1. The van der Waals surface area contributed by atoms with E-state index < -0.39 is 0 Å². The van der Waals surface area contributed by atoms with Crippen molar-refractivity contribution in [3.8, 4) is 11.3 Å². The maximum absolute atomic E-state index is 13.2. The van der Waals surface area contributed by atoms with Gasteiger partial charge in [0.1, 0.15) is 5.82 Å². The Kier molecular flexibility index (Phi) is 5.49. The Balaban J connectivity index is 1.62. The van der Waals surface area contributed by atoms with Crippen LogP contribution in [0, 0.1) is 5.82 Å². The van der Waals surface area contributed by atoms with Crippen molar-refractivity contribution >= 4 is 5.69 Å². The fraction of sp³-hybridized carbons (Fsp3) is 0.333. The van der Waals surface area contributed by atoms with E-state index in [2.05, 4.69) is 60.1 Å². The van der Waals surface area contributed by atoms with E-state index in [1.165, 1.54) is 23.4 Å². The number of halogens is 1. The van der Waals surface area contributed by atoms with Crippen LogP contribution in [0.15, 0.2) is 60.7 Å². The third-order valence-corrected chi connectivity index (χ3v) is 5.48. The van der Waals surface area contributed by atoms with Gasteiger partial charge in [-0.1, -0.05) is 25.5 Å². The summed E-state index contributed by atoms with van der Waals surface area (Å²) in [5, 5.41) is 0. The molecule has 4 heteroatoms. The second kappa shape index (κ2) is 8.19. The normalized spacial score (nSPS) is 19.8. The number of aryl methyl sites for hydroxylation is 1. The molecule has 2 unspecified atom stereocenters. The van der Waals surface area contributed by atoms with Gasteiger partial charge in [-0.3, -0.25) is 0 Å². The zero-order chi connectivity index (χ0) is 19.5. The van der Waals surface area contributed by atoms with Gasteiger partial charge in [0, 0.05) is 23.6 Å². The third-order valence-electron chi connectivity index (χ3n) is 5.48. The molecule has 0 amide bonds. The van der Waals surface area contributed by atoms with E-state index >= 15 is 0 Å². The number of ether oxygens (including phenoxy) is 1. The second-order valence-electron chi connectivity index (χ2n) is 7.46. The smallest absolute Gasteiger partial charge is 0.123 e. The number of aromatic nitrogens is 1. The van der Waals surface area contributed by atoms with Crippen LogP contribution in [-0.4, -0.2) is 24.2 Å². The van der Waals surface area contributed by atoms with Crippen LogP contribution in [0.3, 0.4) is 0 Å². The molecule has 28 heavy (non-hydrogen) atoms. The summed E-state index contributed by atoms with van der Waals surface area (Å²) in [4.78, 5) is 5.96. The number of anilines is 1. The number of hydrogen-bond donors (Lipinski definition) is 1. The van der Waals surface area contributed by atoms with Gasteiger partial charge in [-0.15, -0.1) is 0 Å². The third kappa shape index (κ3) is 3.83. The van der Waals surface area contributed by atoms with Crippen LogP contribution in [0.25, 0.3) is 11.3 Å². The van der Waals surface area contributed by atoms with E-state index in [0.29, 0.717) is 0 Å². The van der Waals surface area contributed by atoms with Gasteiger partial charge in [0.25, 0.3) is 0 Å². The van der Waals surface area contributed by atoms with E-state index in [1.54, 1.807) is 12.1 Å². The van der Waals surface area contributed by atoms with Crippen molar-refractivity contribution in [2.75, 3.05) is 18.1 Å². The minimum absolute atomic E-state index is 0.0730. The molecule has 3 aromatic rings. The molecular weight excluding hydrogens is 351 g/mol. The van der Waals surface area contributed by atoms with E-state index in [1.807, 2.05) is 0 Å². The topological polar surface area (TPSA) is 28.3 Å². The van der Waals surface area contributed by atoms with Crippen LogP contribution in [0.1, 0.15) is 37.6 Å². The van der Waals surface area contributed by atoms with Gasteiger partial charge < -0.3 is 14.6 Å². The summed E-state index contributed by atoms with van der Waals surface area (Å²) in [6.45, 7) is 5.91. The van der Waals surface area contributed by atoms with E-state index in [0.717, 1.165) is 42.9 Å². The van der Waals surface area contributed by atoms with Gasteiger partial charge in [0.05, 0.1) is 18.8 Å². The van der Waals surface area contributed by atoms with Crippen molar-refractivity contribution in [3.63, 3.8) is 0 Å². The first-order chi connectivity index (χ1) is 13.7. The largest absolute Gasteiger partial charge is 0.374 e. The Morgan fingerprint density at radius 1 is 1.04 bits per heavy atom. The van der Waals surface area contributed by atoms with Gasteiger partial charge in [-0.2, -0.15) is 0 Å². The molecule has 0 saturated carbocycles. The van der Waals surface area contributed by atoms with E-state index in [4.69, 9.17) is 4.74 Å². The highest BCUT2D eigenvalue weighted by atomic mass is 19.1. The molecule has 4 rings (SSSR count).